The molecule has 0 saturated carbocycles. The summed E-state index contributed by atoms with van der Waals surface area (Å²) in [4.78, 5) is 11.8. The van der Waals surface area contributed by atoms with E-state index >= 15 is 0 Å². The molecule has 0 rings (SSSR count). The van der Waals surface area contributed by atoms with E-state index in [1.54, 1.807) is 6.92 Å². The predicted octanol–water partition coefficient (Wildman–Crippen LogP) is 4.75. The van der Waals surface area contributed by atoms with Crippen LogP contribution in [0.5, 0.6) is 0 Å². The molecule has 0 aliphatic heterocycles. The largest absolute Gasteiger partial charge is 0.512 e. The summed E-state index contributed by atoms with van der Waals surface area (Å²) in [5, 5.41) is 9.86. The third-order valence-corrected chi connectivity index (χ3v) is 3.62. The number of aliphatic hydroxyl groups is 1. The van der Waals surface area contributed by atoms with Gasteiger partial charge in [0.1, 0.15) is 5.76 Å². The van der Waals surface area contributed by atoms with Gasteiger partial charge in [0.25, 0.3) is 0 Å². The third kappa shape index (κ3) is 5.92. The lowest BCUT2D eigenvalue weighted by atomic mass is 9.80. The van der Waals surface area contributed by atoms with Crippen molar-refractivity contribution in [1.29, 1.82) is 0 Å². The molecule has 0 fully saturated rings. The Morgan fingerprint density at radius 2 is 1.85 bits per heavy atom. The highest BCUT2D eigenvalue weighted by Gasteiger charge is 2.41. The van der Waals surface area contributed by atoms with E-state index in [1.165, 1.54) is 13.8 Å². The van der Waals surface area contributed by atoms with Crippen LogP contribution in [-0.2, 0) is 4.79 Å². The van der Waals surface area contributed by atoms with E-state index in [-0.39, 0.29) is 12.8 Å². The molecule has 6 heteroatoms. The maximum atomic E-state index is 12.5. The molecule has 0 aromatic heterocycles. The van der Waals surface area contributed by atoms with Crippen LogP contribution in [-0.4, -0.2) is 23.7 Å². The highest BCUT2D eigenvalue weighted by Crippen LogP contribution is 2.40. The van der Waals surface area contributed by atoms with Crippen LogP contribution < -0.4 is 0 Å². The van der Waals surface area contributed by atoms with Gasteiger partial charge >= 0.3 is 6.18 Å². The molecule has 0 heterocycles. The maximum absolute atomic E-state index is 12.5. The Morgan fingerprint density at radius 3 is 2.20 bits per heavy atom. The highest BCUT2D eigenvalue weighted by atomic mass is 19.4. The summed E-state index contributed by atoms with van der Waals surface area (Å²) in [6, 6.07) is 0. The molecule has 2 atom stereocenters. The average Bonchev–Trinajstić information content (AvgIpc) is 2.33. The van der Waals surface area contributed by atoms with Gasteiger partial charge in [-0.2, -0.15) is 13.2 Å². The van der Waals surface area contributed by atoms with Crippen LogP contribution in [0.25, 0.3) is 0 Å². The monoisotopic (exact) mass is 298 g/mol. The number of allylic oxidation sites excluding steroid dienone is 2. The van der Waals surface area contributed by atoms with Crippen molar-refractivity contribution >= 4 is 5.78 Å². The molecular formula is C14H22F4O2. The Hall–Kier alpha value is -1.07. The molecule has 0 radical (unpaired) electrons. The summed E-state index contributed by atoms with van der Waals surface area (Å²) in [5.74, 6) is -1.71. The first-order chi connectivity index (χ1) is 9.09. The predicted molar refractivity (Wildman–Crippen MR) is 69.2 cm³/mol. The molecule has 0 aromatic rings. The summed E-state index contributed by atoms with van der Waals surface area (Å²) >= 11 is 0. The van der Waals surface area contributed by atoms with Crippen LogP contribution >= 0.6 is 0 Å². The van der Waals surface area contributed by atoms with E-state index < -0.39 is 42.1 Å². The molecule has 0 spiro atoms. The second-order valence-electron chi connectivity index (χ2n) is 5.22. The van der Waals surface area contributed by atoms with Crippen molar-refractivity contribution in [2.45, 2.75) is 52.6 Å². The van der Waals surface area contributed by atoms with Crippen molar-refractivity contribution in [2.24, 2.45) is 11.3 Å². The Kier molecular flexibility index (Phi) is 7.23. The van der Waals surface area contributed by atoms with Gasteiger partial charge in [-0.05, 0) is 19.3 Å². The van der Waals surface area contributed by atoms with E-state index in [4.69, 9.17) is 0 Å². The number of aliphatic hydroxyl groups excluding tert-OH is 1. The van der Waals surface area contributed by atoms with Crippen molar-refractivity contribution in [3.8, 4) is 0 Å². The topological polar surface area (TPSA) is 37.3 Å². The summed E-state index contributed by atoms with van der Waals surface area (Å²) in [7, 11) is 0. The minimum absolute atomic E-state index is 0.0151. The zero-order valence-electron chi connectivity index (χ0n) is 12.1. The number of rotatable bonds is 8. The molecule has 0 saturated heterocycles. The first-order valence-electron chi connectivity index (χ1n) is 6.67. The number of carbonyl (C=O) groups excluding carboxylic acids is 1. The number of carbonyl (C=O) groups is 1. The van der Waals surface area contributed by atoms with Crippen LogP contribution in [0.2, 0.25) is 0 Å². The second-order valence-corrected chi connectivity index (χ2v) is 5.22. The number of alkyl halides is 4. The summed E-state index contributed by atoms with van der Waals surface area (Å²) < 4.78 is 49.8. The Bertz CT molecular complexity index is 350. The molecule has 1 N–H and O–H groups in total. The highest BCUT2D eigenvalue weighted by molar-refractivity contribution is 5.92. The number of hydrogen-bond donors (Lipinski definition) is 1. The fraction of sp³-hybridized carbons (Fsp3) is 0.786. The number of ketones is 1. The lowest BCUT2D eigenvalue weighted by Crippen LogP contribution is -2.27. The zero-order valence-corrected chi connectivity index (χ0v) is 12.1. The zero-order chi connectivity index (χ0) is 16.0. The number of hydrogen-bond acceptors (Lipinski definition) is 2. The maximum Gasteiger partial charge on any atom is 0.390 e. The summed E-state index contributed by atoms with van der Waals surface area (Å²) in [6.45, 7) is 3.79. The van der Waals surface area contributed by atoms with Gasteiger partial charge < -0.3 is 5.11 Å². The van der Waals surface area contributed by atoms with Gasteiger partial charge in [0.15, 0.2) is 5.78 Å². The minimum Gasteiger partial charge on any atom is -0.512 e. The van der Waals surface area contributed by atoms with E-state index in [0.717, 1.165) is 6.08 Å². The van der Waals surface area contributed by atoms with Crippen molar-refractivity contribution in [3.05, 3.63) is 11.8 Å². The molecule has 0 amide bonds. The standard InChI is InChI=1S/C14H22F4O2/c1-4-10(6-7-15)11(19)8-12(20)13(3,5-2)9-14(16,17)18/h8,10,20H,4-7,9H2,1-3H3/b12-8-. The minimum atomic E-state index is -4.43. The molecular weight excluding hydrogens is 276 g/mol. The van der Waals surface area contributed by atoms with Gasteiger partial charge in [0, 0.05) is 17.4 Å². The normalized spacial score (nSPS) is 17.6. The van der Waals surface area contributed by atoms with Gasteiger partial charge in [-0.1, -0.05) is 20.8 Å². The SMILES string of the molecule is CCC(CCF)C(=O)/C=C(\O)C(C)(CC)CC(F)(F)F. The summed E-state index contributed by atoms with van der Waals surface area (Å²) in [5.41, 5.74) is -1.53. The van der Waals surface area contributed by atoms with Gasteiger partial charge in [0.05, 0.1) is 13.1 Å². The van der Waals surface area contributed by atoms with Crippen molar-refractivity contribution in [2.75, 3.05) is 6.67 Å². The Balaban J connectivity index is 5.12. The van der Waals surface area contributed by atoms with E-state index in [2.05, 4.69) is 0 Å². The lowest BCUT2D eigenvalue weighted by Gasteiger charge is -2.28. The Labute approximate surface area is 116 Å². The first-order valence-corrected chi connectivity index (χ1v) is 6.67. The second kappa shape index (κ2) is 7.64. The fourth-order valence-electron chi connectivity index (χ4n) is 1.95. The molecule has 0 aromatic carbocycles. The van der Waals surface area contributed by atoms with Crippen molar-refractivity contribution < 1.29 is 27.5 Å². The molecule has 2 nitrogen and oxygen atoms in total. The molecule has 0 aliphatic carbocycles. The lowest BCUT2D eigenvalue weighted by molar-refractivity contribution is -0.156. The fourth-order valence-corrected chi connectivity index (χ4v) is 1.95. The molecule has 0 aliphatic rings. The molecule has 118 valence electrons. The van der Waals surface area contributed by atoms with Crippen LogP contribution in [0.15, 0.2) is 11.8 Å². The third-order valence-electron chi connectivity index (χ3n) is 3.62. The van der Waals surface area contributed by atoms with Gasteiger partial charge in [0.2, 0.25) is 0 Å². The van der Waals surface area contributed by atoms with Crippen molar-refractivity contribution in [3.63, 3.8) is 0 Å². The molecule has 0 bridgehead atoms. The summed E-state index contributed by atoms with van der Waals surface area (Å²) in [6.07, 6.45) is -4.36. The van der Waals surface area contributed by atoms with E-state index in [9.17, 15) is 27.5 Å². The van der Waals surface area contributed by atoms with Gasteiger partial charge in [-0.3, -0.25) is 9.18 Å². The Morgan fingerprint density at radius 1 is 1.30 bits per heavy atom. The van der Waals surface area contributed by atoms with E-state index in [0.29, 0.717) is 6.42 Å². The van der Waals surface area contributed by atoms with Crippen LogP contribution in [0.4, 0.5) is 17.6 Å². The van der Waals surface area contributed by atoms with Gasteiger partial charge in [-0.15, -0.1) is 0 Å². The molecule has 20 heavy (non-hydrogen) atoms. The molecule has 2 unspecified atom stereocenters. The van der Waals surface area contributed by atoms with Crippen LogP contribution in [0.1, 0.15) is 46.5 Å². The van der Waals surface area contributed by atoms with Crippen LogP contribution in [0.3, 0.4) is 0 Å². The van der Waals surface area contributed by atoms with Crippen molar-refractivity contribution in [1.82, 2.24) is 0 Å². The quantitative estimate of drug-likeness (QED) is 0.399. The van der Waals surface area contributed by atoms with E-state index in [1.807, 2.05) is 0 Å². The van der Waals surface area contributed by atoms with Crippen LogP contribution in [0, 0.1) is 11.3 Å². The average molecular weight is 298 g/mol. The first kappa shape index (κ1) is 18.9. The smallest absolute Gasteiger partial charge is 0.390 e. The van der Waals surface area contributed by atoms with Gasteiger partial charge in [-0.25, -0.2) is 0 Å². The number of halogens is 4.